The van der Waals surface area contributed by atoms with Gasteiger partial charge < -0.3 is 4.74 Å². The average molecular weight is 272 g/mol. The number of nitrogens with two attached hydrogens (primary N) is 1. The normalized spacial score (nSPS) is 14.4. The quantitative estimate of drug-likeness (QED) is 0.433. The predicted molar refractivity (Wildman–Crippen MR) is 73.9 cm³/mol. The lowest BCUT2D eigenvalue weighted by atomic mass is 10.0. The summed E-state index contributed by atoms with van der Waals surface area (Å²) >= 11 is 1.48. The molecule has 0 radical (unpaired) electrons. The molecule has 5 heteroatoms. The highest BCUT2D eigenvalue weighted by Gasteiger charge is 2.16. The smallest absolute Gasteiger partial charge is 0.136 e. The Labute approximate surface area is 112 Å². The summed E-state index contributed by atoms with van der Waals surface area (Å²) in [5.41, 5.74) is 2.80. The Balaban J connectivity index is 2.46. The first-order valence-electron chi connectivity index (χ1n) is 6.01. The van der Waals surface area contributed by atoms with Crippen LogP contribution in [0, 0.1) is 11.7 Å². The zero-order valence-electron chi connectivity index (χ0n) is 10.9. The summed E-state index contributed by atoms with van der Waals surface area (Å²) < 4.78 is 18.5. The third kappa shape index (κ3) is 4.94. The molecule has 0 fully saturated rings. The van der Waals surface area contributed by atoms with Crippen LogP contribution in [0.3, 0.4) is 0 Å². The molecular weight excluding hydrogens is 251 g/mol. The molecule has 0 aromatic heterocycles. The lowest BCUT2D eigenvalue weighted by Gasteiger charge is -2.22. The summed E-state index contributed by atoms with van der Waals surface area (Å²) in [5.74, 6) is 6.49. The maximum absolute atomic E-state index is 13.5. The van der Waals surface area contributed by atoms with E-state index < -0.39 is 0 Å². The van der Waals surface area contributed by atoms with Crippen LogP contribution < -0.4 is 11.3 Å². The van der Waals surface area contributed by atoms with Gasteiger partial charge in [0.05, 0.1) is 0 Å². The minimum absolute atomic E-state index is 0.143. The van der Waals surface area contributed by atoms with Gasteiger partial charge in [-0.05, 0) is 24.5 Å². The minimum Gasteiger partial charge on any atom is -0.385 e. The van der Waals surface area contributed by atoms with Crippen molar-refractivity contribution in [3.8, 4) is 0 Å². The number of nitrogens with one attached hydrogen (secondary N) is 1. The highest BCUT2D eigenvalue weighted by molar-refractivity contribution is 7.99. The van der Waals surface area contributed by atoms with E-state index in [0.717, 1.165) is 12.2 Å². The lowest BCUT2D eigenvalue weighted by molar-refractivity contribution is 0.172. The van der Waals surface area contributed by atoms with Crippen molar-refractivity contribution in [2.45, 2.75) is 24.3 Å². The molecule has 0 aliphatic carbocycles. The van der Waals surface area contributed by atoms with Crippen LogP contribution in [-0.4, -0.2) is 25.5 Å². The van der Waals surface area contributed by atoms with Gasteiger partial charge in [0, 0.05) is 30.4 Å². The molecule has 1 rings (SSSR count). The van der Waals surface area contributed by atoms with E-state index >= 15 is 0 Å². The molecule has 0 aliphatic rings. The second-order valence-corrected chi connectivity index (χ2v) is 5.34. The van der Waals surface area contributed by atoms with Crippen LogP contribution in [0.4, 0.5) is 4.39 Å². The Kier molecular flexibility index (Phi) is 7.27. The van der Waals surface area contributed by atoms with Crippen LogP contribution in [-0.2, 0) is 4.74 Å². The Morgan fingerprint density at radius 1 is 1.44 bits per heavy atom. The molecule has 0 spiro atoms. The first kappa shape index (κ1) is 15.4. The summed E-state index contributed by atoms with van der Waals surface area (Å²) in [4.78, 5) is 0.664. The number of thioether (sulfide) groups is 1. The fraction of sp³-hybridized carbons (Fsp3) is 0.538. The fourth-order valence-corrected chi connectivity index (χ4v) is 2.79. The SMILES string of the molecule is COCCC(C)C(CSc1ccccc1F)NN. The van der Waals surface area contributed by atoms with Gasteiger partial charge in [-0.1, -0.05) is 19.1 Å². The van der Waals surface area contributed by atoms with Gasteiger partial charge in [-0.3, -0.25) is 11.3 Å². The molecule has 2 unspecified atom stereocenters. The largest absolute Gasteiger partial charge is 0.385 e. The van der Waals surface area contributed by atoms with E-state index in [4.69, 9.17) is 10.6 Å². The third-order valence-electron chi connectivity index (χ3n) is 2.93. The molecule has 18 heavy (non-hydrogen) atoms. The Hall–Kier alpha value is -0.620. The number of hydrogen-bond acceptors (Lipinski definition) is 4. The Morgan fingerprint density at radius 2 is 2.17 bits per heavy atom. The maximum atomic E-state index is 13.5. The number of hydrazine groups is 1. The van der Waals surface area contributed by atoms with Gasteiger partial charge in [-0.15, -0.1) is 11.8 Å². The van der Waals surface area contributed by atoms with Gasteiger partial charge in [0.2, 0.25) is 0 Å². The highest BCUT2D eigenvalue weighted by atomic mass is 32.2. The zero-order valence-corrected chi connectivity index (χ0v) is 11.7. The molecule has 0 saturated heterocycles. The molecule has 1 aromatic rings. The molecular formula is C13H21FN2OS. The monoisotopic (exact) mass is 272 g/mol. The second kappa shape index (κ2) is 8.48. The molecule has 2 atom stereocenters. The van der Waals surface area contributed by atoms with Crippen LogP contribution in [0.15, 0.2) is 29.2 Å². The zero-order chi connectivity index (χ0) is 13.4. The highest BCUT2D eigenvalue weighted by Crippen LogP contribution is 2.24. The van der Waals surface area contributed by atoms with Crippen LogP contribution >= 0.6 is 11.8 Å². The molecule has 3 nitrogen and oxygen atoms in total. The number of ether oxygens (including phenoxy) is 1. The Morgan fingerprint density at radius 3 is 2.78 bits per heavy atom. The topological polar surface area (TPSA) is 47.3 Å². The number of benzene rings is 1. The van der Waals surface area contributed by atoms with Crippen LogP contribution in [0.5, 0.6) is 0 Å². The van der Waals surface area contributed by atoms with Crippen molar-refractivity contribution in [1.29, 1.82) is 0 Å². The van der Waals surface area contributed by atoms with Crippen LogP contribution in [0.2, 0.25) is 0 Å². The molecule has 0 saturated carbocycles. The van der Waals surface area contributed by atoms with E-state index in [1.54, 1.807) is 19.2 Å². The van der Waals surface area contributed by atoms with Crippen molar-refractivity contribution >= 4 is 11.8 Å². The van der Waals surface area contributed by atoms with Crippen molar-refractivity contribution < 1.29 is 9.13 Å². The summed E-state index contributed by atoms with van der Waals surface area (Å²) in [6, 6.07) is 6.93. The van der Waals surface area contributed by atoms with Crippen molar-refractivity contribution in [3.63, 3.8) is 0 Å². The second-order valence-electron chi connectivity index (χ2n) is 4.27. The van der Waals surface area contributed by atoms with Crippen molar-refractivity contribution in [1.82, 2.24) is 5.43 Å². The first-order chi connectivity index (χ1) is 8.69. The third-order valence-corrected chi connectivity index (χ3v) is 4.10. The molecule has 1 aromatic carbocycles. The fourth-order valence-electron chi connectivity index (χ4n) is 1.62. The summed E-state index contributed by atoms with van der Waals surface area (Å²) in [6.45, 7) is 2.83. The molecule has 0 aliphatic heterocycles. The van der Waals surface area contributed by atoms with E-state index in [1.807, 2.05) is 6.07 Å². The van der Waals surface area contributed by atoms with E-state index in [1.165, 1.54) is 17.8 Å². The molecule has 3 N–H and O–H groups in total. The van der Waals surface area contributed by atoms with E-state index in [0.29, 0.717) is 17.4 Å². The number of hydrogen-bond donors (Lipinski definition) is 2. The number of rotatable bonds is 8. The minimum atomic E-state index is -0.178. The van der Waals surface area contributed by atoms with Crippen LogP contribution in [0.1, 0.15) is 13.3 Å². The van der Waals surface area contributed by atoms with E-state index in [9.17, 15) is 4.39 Å². The van der Waals surface area contributed by atoms with E-state index in [-0.39, 0.29) is 11.9 Å². The Bertz CT molecular complexity index is 352. The van der Waals surface area contributed by atoms with Gasteiger partial charge >= 0.3 is 0 Å². The predicted octanol–water partition coefficient (Wildman–Crippen LogP) is 2.42. The molecule has 0 heterocycles. The lowest BCUT2D eigenvalue weighted by Crippen LogP contribution is -2.42. The first-order valence-corrected chi connectivity index (χ1v) is 7.00. The average Bonchev–Trinajstić information content (AvgIpc) is 2.39. The van der Waals surface area contributed by atoms with Gasteiger partial charge in [0.15, 0.2) is 0 Å². The van der Waals surface area contributed by atoms with Gasteiger partial charge in [-0.2, -0.15) is 0 Å². The molecule has 0 bridgehead atoms. The van der Waals surface area contributed by atoms with Gasteiger partial charge in [0.1, 0.15) is 5.82 Å². The summed E-state index contributed by atoms with van der Waals surface area (Å²) in [7, 11) is 1.69. The van der Waals surface area contributed by atoms with Crippen LogP contribution in [0.25, 0.3) is 0 Å². The standard InChI is InChI=1S/C13H21FN2OS/c1-10(7-8-17-2)12(16-15)9-18-13-6-4-3-5-11(13)14/h3-6,10,12,16H,7-9,15H2,1-2H3. The van der Waals surface area contributed by atoms with Gasteiger partial charge in [0.25, 0.3) is 0 Å². The number of halogens is 1. The molecule has 102 valence electrons. The summed E-state index contributed by atoms with van der Waals surface area (Å²) in [6.07, 6.45) is 0.934. The summed E-state index contributed by atoms with van der Waals surface area (Å²) in [5, 5.41) is 0. The molecule has 0 amide bonds. The number of methoxy groups -OCH3 is 1. The van der Waals surface area contributed by atoms with Crippen molar-refractivity contribution in [2.24, 2.45) is 11.8 Å². The van der Waals surface area contributed by atoms with E-state index in [2.05, 4.69) is 12.3 Å². The van der Waals surface area contributed by atoms with Crippen molar-refractivity contribution in [3.05, 3.63) is 30.1 Å². The maximum Gasteiger partial charge on any atom is 0.136 e. The van der Waals surface area contributed by atoms with Crippen molar-refractivity contribution in [2.75, 3.05) is 19.5 Å². The van der Waals surface area contributed by atoms with Gasteiger partial charge in [-0.25, -0.2) is 4.39 Å².